The molecule has 0 aliphatic carbocycles. The highest BCUT2D eigenvalue weighted by atomic mass is 32.1. The number of methoxy groups -OCH3 is 2. The second-order valence-corrected chi connectivity index (χ2v) is 9.09. The number of hydrogen-bond donors (Lipinski definition) is 4. The Morgan fingerprint density at radius 1 is 1.02 bits per heavy atom. The van der Waals surface area contributed by atoms with Gasteiger partial charge in [0.2, 0.25) is 0 Å². The van der Waals surface area contributed by atoms with E-state index in [-0.39, 0.29) is 5.91 Å². The third-order valence-electron chi connectivity index (χ3n) is 5.61. The van der Waals surface area contributed by atoms with Gasteiger partial charge in [0.05, 0.1) is 24.8 Å². The Morgan fingerprint density at radius 2 is 1.75 bits per heavy atom. The molecule has 0 unspecified atom stereocenters. The summed E-state index contributed by atoms with van der Waals surface area (Å²) in [6.07, 6.45) is 1.71. The number of rotatable bonds is 9. The molecule has 40 heavy (non-hydrogen) atoms. The molecule has 208 valence electrons. The maximum absolute atomic E-state index is 12.5. The minimum Gasteiger partial charge on any atom is -0.497 e. The number of carbonyl (C=O) groups is 1. The molecule has 0 bridgehead atoms. The van der Waals surface area contributed by atoms with Gasteiger partial charge in [-0.2, -0.15) is 11.3 Å². The Bertz CT molecular complexity index is 1460. The van der Waals surface area contributed by atoms with Crippen molar-refractivity contribution in [1.82, 2.24) is 9.97 Å². The van der Waals surface area contributed by atoms with E-state index in [9.17, 15) is 4.79 Å². The van der Waals surface area contributed by atoms with Gasteiger partial charge in [0.15, 0.2) is 0 Å². The largest absolute Gasteiger partial charge is 0.497 e. The lowest BCUT2D eigenvalue weighted by atomic mass is 10.1. The lowest BCUT2D eigenvalue weighted by Gasteiger charge is -2.07. The molecule has 5 rings (SSSR count). The van der Waals surface area contributed by atoms with Crippen molar-refractivity contribution in [2.45, 2.75) is 6.54 Å². The molecule has 0 aliphatic rings. The highest BCUT2D eigenvalue weighted by Crippen LogP contribution is 2.25. The van der Waals surface area contributed by atoms with Crippen molar-refractivity contribution >= 4 is 39.7 Å². The number of benzene rings is 3. The van der Waals surface area contributed by atoms with Gasteiger partial charge in [0.25, 0.3) is 5.91 Å². The van der Waals surface area contributed by atoms with Crippen molar-refractivity contribution in [2.75, 3.05) is 38.6 Å². The molecule has 0 aliphatic heterocycles. The predicted octanol–water partition coefficient (Wildman–Crippen LogP) is 6.59. The number of nitrogens with one attached hydrogen (secondary N) is 3. The van der Waals surface area contributed by atoms with E-state index in [1.165, 1.54) is 5.56 Å². The molecule has 1 amide bonds. The van der Waals surface area contributed by atoms with E-state index in [4.69, 9.17) is 14.8 Å². The van der Waals surface area contributed by atoms with E-state index < -0.39 is 0 Å². The van der Waals surface area contributed by atoms with E-state index in [1.54, 1.807) is 55.9 Å². The smallest absolute Gasteiger partial charge is 0.255 e. The molecular weight excluding hydrogens is 524 g/mol. The van der Waals surface area contributed by atoms with Gasteiger partial charge >= 0.3 is 0 Å². The first-order valence-electron chi connectivity index (χ1n) is 12.4. The van der Waals surface area contributed by atoms with E-state index in [0.29, 0.717) is 17.9 Å². The molecule has 3 aromatic carbocycles. The van der Waals surface area contributed by atoms with E-state index >= 15 is 0 Å². The van der Waals surface area contributed by atoms with Crippen LogP contribution in [-0.2, 0) is 11.3 Å². The topological polar surface area (TPSA) is 108 Å². The number of aromatic amines is 1. The molecule has 0 saturated carbocycles. The van der Waals surface area contributed by atoms with Crippen LogP contribution in [-0.4, -0.2) is 48.9 Å². The number of anilines is 2. The van der Waals surface area contributed by atoms with Gasteiger partial charge in [-0.1, -0.05) is 6.08 Å². The number of thiophene rings is 1. The number of hydrogen-bond acceptors (Lipinski definition) is 7. The third kappa shape index (κ3) is 8.54. The summed E-state index contributed by atoms with van der Waals surface area (Å²) in [4.78, 5) is 20.6. The second-order valence-electron chi connectivity index (χ2n) is 8.31. The van der Waals surface area contributed by atoms with Crippen LogP contribution in [0.5, 0.6) is 5.75 Å². The summed E-state index contributed by atoms with van der Waals surface area (Å²) in [6.45, 7) is 4.87. The predicted molar refractivity (Wildman–Crippen MR) is 164 cm³/mol. The number of aliphatic hydroxyl groups excluding tert-OH is 1. The van der Waals surface area contributed by atoms with Crippen molar-refractivity contribution in [3.8, 4) is 17.1 Å². The van der Waals surface area contributed by atoms with Crippen molar-refractivity contribution in [3.63, 3.8) is 0 Å². The average molecular weight is 559 g/mol. The van der Waals surface area contributed by atoms with Crippen LogP contribution < -0.4 is 15.4 Å². The van der Waals surface area contributed by atoms with Crippen LogP contribution in [0.3, 0.4) is 0 Å². The van der Waals surface area contributed by atoms with Crippen LogP contribution in [0.15, 0.2) is 96.2 Å². The SMILES string of the molecule is C=CCOC.CO.COc1ccc(C(=O)Nc2ccc(-c3nc4ccc(NCc5ccsc5)cc4[nH]3)cc2)cc1. The van der Waals surface area contributed by atoms with Gasteiger partial charge in [-0.05, 0) is 89.1 Å². The summed E-state index contributed by atoms with van der Waals surface area (Å²) in [5, 5.41) is 17.6. The molecule has 4 N–H and O–H groups in total. The number of aliphatic hydroxyl groups is 1. The number of aromatic nitrogens is 2. The Hall–Kier alpha value is -4.44. The quantitative estimate of drug-likeness (QED) is 0.152. The molecule has 0 spiro atoms. The van der Waals surface area contributed by atoms with Gasteiger partial charge < -0.3 is 30.2 Å². The molecule has 0 atom stereocenters. The zero-order valence-corrected chi connectivity index (χ0v) is 23.6. The Balaban J connectivity index is 0.000000570. The second kappa shape index (κ2) is 15.8. The minimum atomic E-state index is -0.170. The summed E-state index contributed by atoms with van der Waals surface area (Å²) >= 11 is 1.70. The molecule has 0 saturated heterocycles. The summed E-state index contributed by atoms with van der Waals surface area (Å²) in [5.74, 6) is 1.33. The molecule has 2 heterocycles. The number of fused-ring (bicyclic) bond motifs is 1. The van der Waals surface area contributed by atoms with Gasteiger partial charge in [-0.3, -0.25) is 4.79 Å². The van der Waals surface area contributed by atoms with Crippen LogP contribution in [0.25, 0.3) is 22.4 Å². The molecule has 9 heteroatoms. The van der Waals surface area contributed by atoms with Crippen LogP contribution in [0.1, 0.15) is 15.9 Å². The van der Waals surface area contributed by atoms with Crippen LogP contribution in [0, 0.1) is 0 Å². The summed E-state index contributed by atoms with van der Waals surface area (Å²) in [5.41, 5.74) is 6.42. The third-order valence-corrected chi connectivity index (χ3v) is 6.34. The van der Waals surface area contributed by atoms with Crippen LogP contribution in [0.2, 0.25) is 0 Å². The standard InChI is InChI=1S/C26H22N4O2S.C4H8O.CH4O/c1-32-22-9-4-19(5-10-22)26(31)28-20-6-2-18(3-7-20)25-29-23-11-8-21(14-24(23)30-25)27-15-17-12-13-33-16-17;1-3-4-5-2;1-2/h2-14,16,27H,15H2,1H3,(H,28,31)(H,29,30);3H,1,4H2,2H3;2H,1H3. The molecule has 5 aromatic rings. The van der Waals surface area contributed by atoms with E-state index in [2.05, 4.69) is 49.8 Å². The van der Waals surface area contributed by atoms with Gasteiger partial charge in [-0.15, -0.1) is 6.58 Å². The fraction of sp³-hybridized carbons (Fsp3) is 0.161. The van der Waals surface area contributed by atoms with E-state index in [0.717, 1.165) is 47.5 Å². The van der Waals surface area contributed by atoms with Crippen molar-refractivity contribution in [3.05, 3.63) is 107 Å². The first kappa shape index (κ1) is 30.1. The minimum absolute atomic E-state index is 0.170. The molecule has 2 aromatic heterocycles. The fourth-order valence-corrected chi connectivity index (χ4v) is 4.30. The average Bonchev–Trinajstić information content (AvgIpc) is 3.68. The zero-order chi connectivity index (χ0) is 28.7. The molecular formula is C31H34N4O4S. The first-order valence-corrected chi connectivity index (χ1v) is 13.4. The molecule has 0 fully saturated rings. The maximum atomic E-state index is 12.5. The van der Waals surface area contributed by atoms with Gasteiger partial charge in [0.1, 0.15) is 11.6 Å². The molecule has 0 radical (unpaired) electrons. The summed E-state index contributed by atoms with van der Waals surface area (Å²) < 4.78 is 9.71. The number of H-pyrrole nitrogens is 1. The zero-order valence-electron chi connectivity index (χ0n) is 22.8. The van der Waals surface area contributed by atoms with Crippen LogP contribution >= 0.6 is 11.3 Å². The van der Waals surface area contributed by atoms with Crippen molar-refractivity contribution < 1.29 is 19.4 Å². The summed E-state index contributed by atoms with van der Waals surface area (Å²) in [6, 6.07) is 22.9. The van der Waals surface area contributed by atoms with Gasteiger partial charge in [0, 0.05) is 43.3 Å². The summed E-state index contributed by atoms with van der Waals surface area (Å²) in [7, 11) is 4.24. The lowest BCUT2D eigenvalue weighted by Crippen LogP contribution is -2.11. The number of amides is 1. The first-order chi connectivity index (χ1) is 19.6. The highest BCUT2D eigenvalue weighted by Gasteiger charge is 2.09. The fourth-order valence-electron chi connectivity index (χ4n) is 3.63. The highest BCUT2D eigenvalue weighted by molar-refractivity contribution is 7.07. The van der Waals surface area contributed by atoms with Crippen molar-refractivity contribution in [1.29, 1.82) is 0 Å². The van der Waals surface area contributed by atoms with Crippen molar-refractivity contribution in [2.24, 2.45) is 0 Å². The monoisotopic (exact) mass is 558 g/mol. The van der Waals surface area contributed by atoms with Crippen LogP contribution in [0.4, 0.5) is 11.4 Å². The normalized spacial score (nSPS) is 10.0. The molecule has 8 nitrogen and oxygen atoms in total. The van der Waals surface area contributed by atoms with E-state index in [1.807, 2.05) is 36.4 Å². The number of imidazole rings is 1. The Kier molecular flexibility index (Phi) is 11.9. The van der Waals surface area contributed by atoms with Gasteiger partial charge in [-0.25, -0.2) is 4.98 Å². The number of carbonyl (C=O) groups excluding carboxylic acids is 1. The Morgan fingerprint density at radius 3 is 2.35 bits per heavy atom. The number of ether oxygens (including phenoxy) is 2. The maximum Gasteiger partial charge on any atom is 0.255 e. The number of nitrogens with zero attached hydrogens (tertiary/aromatic N) is 1. The lowest BCUT2D eigenvalue weighted by molar-refractivity contribution is 0.102. The Labute approximate surface area is 238 Å².